The Morgan fingerprint density at radius 3 is 2.31 bits per heavy atom. The fraction of sp³-hybridized carbons (Fsp3) is 0.419. The highest BCUT2D eigenvalue weighted by molar-refractivity contribution is 5.74. The number of benzene rings is 2. The molecule has 39 heavy (non-hydrogen) atoms. The lowest BCUT2D eigenvalue weighted by molar-refractivity contribution is 0.152. The number of rotatable bonds is 8. The lowest BCUT2D eigenvalue weighted by atomic mass is 9.98. The molecule has 4 aromatic rings. The topological polar surface area (TPSA) is 42.1 Å². The molecule has 1 unspecified atom stereocenters. The first-order valence-corrected chi connectivity index (χ1v) is 13.9. The van der Waals surface area contributed by atoms with Crippen LogP contribution in [0, 0.1) is 0 Å². The van der Waals surface area contributed by atoms with Gasteiger partial charge >= 0.3 is 0 Å². The van der Waals surface area contributed by atoms with E-state index in [1.54, 1.807) is 30.2 Å². The van der Waals surface area contributed by atoms with E-state index in [9.17, 15) is 8.78 Å². The SMILES string of the molecule is CC(C)N1CCc2ccc(-c3cnn(CCC(C)N4CCc5cc(-c6cnn(C)c6)c(C(F)F)cc54)c3)cc21. The molecule has 4 heterocycles. The quantitative estimate of drug-likeness (QED) is 0.261. The van der Waals surface area contributed by atoms with Crippen LogP contribution in [0.2, 0.25) is 0 Å². The molecular weight excluding hydrogens is 494 g/mol. The molecule has 2 aliphatic rings. The molecule has 6 rings (SSSR count). The van der Waals surface area contributed by atoms with Crippen molar-refractivity contribution in [3.63, 3.8) is 0 Å². The minimum Gasteiger partial charge on any atom is -0.369 e. The number of nitrogens with zero attached hydrogens (tertiary/aromatic N) is 6. The highest BCUT2D eigenvalue weighted by atomic mass is 19.3. The molecule has 0 fully saturated rings. The first-order chi connectivity index (χ1) is 18.8. The Morgan fingerprint density at radius 2 is 1.56 bits per heavy atom. The van der Waals surface area contributed by atoms with Crippen molar-refractivity contribution in [1.29, 1.82) is 0 Å². The van der Waals surface area contributed by atoms with E-state index < -0.39 is 6.43 Å². The fourth-order valence-electron chi connectivity index (χ4n) is 6.16. The van der Waals surface area contributed by atoms with Crippen molar-refractivity contribution in [2.24, 2.45) is 7.05 Å². The molecule has 2 aromatic carbocycles. The highest BCUT2D eigenvalue weighted by Gasteiger charge is 2.28. The summed E-state index contributed by atoms with van der Waals surface area (Å²) in [6.45, 7) is 9.35. The van der Waals surface area contributed by atoms with Gasteiger partial charge in [0, 0.05) is 79.2 Å². The van der Waals surface area contributed by atoms with Crippen molar-refractivity contribution in [2.45, 2.75) is 65.1 Å². The molecule has 0 aliphatic carbocycles. The summed E-state index contributed by atoms with van der Waals surface area (Å²) in [6, 6.07) is 11.1. The van der Waals surface area contributed by atoms with Crippen LogP contribution in [0.4, 0.5) is 20.2 Å². The maximum atomic E-state index is 14.1. The van der Waals surface area contributed by atoms with Crippen LogP contribution in [0.3, 0.4) is 0 Å². The van der Waals surface area contributed by atoms with Gasteiger partial charge in [-0.05, 0) is 80.5 Å². The number of halogens is 2. The Hall–Kier alpha value is -3.68. The normalized spacial score (nSPS) is 15.5. The molecule has 8 heteroatoms. The molecule has 2 aliphatic heterocycles. The number of alkyl halides is 2. The molecule has 1 atom stereocenters. The van der Waals surface area contributed by atoms with Crippen LogP contribution in [0.15, 0.2) is 55.1 Å². The van der Waals surface area contributed by atoms with Crippen LogP contribution in [0.5, 0.6) is 0 Å². The molecular formula is C31H36F2N6. The van der Waals surface area contributed by atoms with E-state index in [-0.39, 0.29) is 11.6 Å². The largest absolute Gasteiger partial charge is 0.369 e. The molecule has 0 N–H and O–H groups in total. The molecule has 0 saturated carbocycles. The maximum absolute atomic E-state index is 14.1. The van der Waals surface area contributed by atoms with Gasteiger partial charge < -0.3 is 9.80 Å². The highest BCUT2D eigenvalue weighted by Crippen LogP contribution is 2.40. The summed E-state index contributed by atoms with van der Waals surface area (Å²) in [7, 11) is 1.80. The van der Waals surface area contributed by atoms with E-state index in [1.807, 2.05) is 16.9 Å². The Balaban J connectivity index is 1.16. The minimum atomic E-state index is -2.54. The monoisotopic (exact) mass is 530 g/mol. The molecule has 204 valence electrons. The van der Waals surface area contributed by atoms with Crippen molar-refractivity contribution < 1.29 is 8.78 Å². The zero-order valence-corrected chi connectivity index (χ0v) is 23.1. The van der Waals surface area contributed by atoms with Crippen molar-refractivity contribution in [3.8, 4) is 22.3 Å². The first kappa shape index (κ1) is 25.6. The maximum Gasteiger partial charge on any atom is 0.264 e. The summed E-state index contributed by atoms with van der Waals surface area (Å²) in [5.41, 5.74) is 8.51. The first-order valence-electron chi connectivity index (χ1n) is 13.9. The zero-order valence-electron chi connectivity index (χ0n) is 23.1. The predicted molar refractivity (Wildman–Crippen MR) is 153 cm³/mol. The summed E-state index contributed by atoms with van der Waals surface area (Å²) < 4.78 is 31.9. The molecule has 0 bridgehead atoms. The van der Waals surface area contributed by atoms with Gasteiger partial charge in [0.1, 0.15) is 0 Å². The number of hydrogen-bond acceptors (Lipinski definition) is 4. The summed E-state index contributed by atoms with van der Waals surface area (Å²) in [6.07, 6.45) is 7.81. The van der Waals surface area contributed by atoms with Gasteiger partial charge in [-0.15, -0.1) is 0 Å². The lowest BCUT2D eigenvalue weighted by Crippen LogP contribution is -2.32. The van der Waals surface area contributed by atoms with Crippen LogP contribution < -0.4 is 9.80 Å². The Morgan fingerprint density at radius 1 is 0.821 bits per heavy atom. The molecule has 0 radical (unpaired) electrons. The molecule has 2 aromatic heterocycles. The van der Waals surface area contributed by atoms with Gasteiger partial charge in [-0.3, -0.25) is 9.36 Å². The van der Waals surface area contributed by atoms with Crippen LogP contribution >= 0.6 is 0 Å². The van der Waals surface area contributed by atoms with Crippen molar-refractivity contribution in [2.75, 3.05) is 22.9 Å². The number of aromatic nitrogens is 4. The summed E-state index contributed by atoms with van der Waals surface area (Å²) in [5, 5.41) is 8.83. The number of fused-ring (bicyclic) bond motifs is 2. The second-order valence-electron chi connectivity index (χ2n) is 11.2. The van der Waals surface area contributed by atoms with Gasteiger partial charge in [-0.2, -0.15) is 10.2 Å². The minimum absolute atomic E-state index is 0.0722. The van der Waals surface area contributed by atoms with E-state index in [4.69, 9.17) is 0 Å². The lowest BCUT2D eigenvalue weighted by Gasteiger charge is -2.28. The van der Waals surface area contributed by atoms with E-state index >= 15 is 0 Å². The Kier molecular flexibility index (Phi) is 6.65. The molecule has 0 saturated heterocycles. The standard InChI is InChI=1S/C31H36F2N6/c1-20(2)38-11-8-22-5-6-23(14-29(22)38)25-16-35-37(19-25)10-7-21(3)39-12-9-24-13-27(26-17-34-36(4)18-26)28(31(32)33)15-30(24)39/h5-6,13-21,31H,7-12H2,1-4H3. The van der Waals surface area contributed by atoms with Gasteiger partial charge in [-0.1, -0.05) is 12.1 Å². The van der Waals surface area contributed by atoms with E-state index in [1.165, 1.54) is 16.8 Å². The summed E-state index contributed by atoms with van der Waals surface area (Å²) in [5.74, 6) is 0. The third-order valence-electron chi connectivity index (χ3n) is 8.35. The van der Waals surface area contributed by atoms with Crippen LogP contribution in [-0.2, 0) is 26.4 Å². The average Bonchev–Trinajstić information content (AvgIpc) is 3.71. The van der Waals surface area contributed by atoms with E-state index in [2.05, 4.69) is 65.2 Å². The van der Waals surface area contributed by atoms with Crippen molar-refractivity contribution in [3.05, 3.63) is 71.8 Å². The third kappa shape index (κ3) is 4.81. The molecule has 6 nitrogen and oxygen atoms in total. The van der Waals surface area contributed by atoms with Crippen LogP contribution in [0.25, 0.3) is 22.3 Å². The summed E-state index contributed by atoms with van der Waals surface area (Å²) >= 11 is 0. The van der Waals surface area contributed by atoms with Gasteiger partial charge in [-0.25, -0.2) is 8.78 Å². The molecule has 0 spiro atoms. The Labute approximate surface area is 228 Å². The van der Waals surface area contributed by atoms with Crippen molar-refractivity contribution in [1.82, 2.24) is 19.6 Å². The smallest absolute Gasteiger partial charge is 0.264 e. The van der Waals surface area contributed by atoms with Gasteiger partial charge in [0.15, 0.2) is 0 Å². The van der Waals surface area contributed by atoms with E-state index in [0.29, 0.717) is 11.6 Å². The van der Waals surface area contributed by atoms with Gasteiger partial charge in [0.05, 0.1) is 12.4 Å². The molecule has 0 amide bonds. The second kappa shape index (κ2) is 10.1. The van der Waals surface area contributed by atoms with Crippen molar-refractivity contribution >= 4 is 11.4 Å². The van der Waals surface area contributed by atoms with Gasteiger partial charge in [0.25, 0.3) is 6.43 Å². The van der Waals surface area contributed by atoms with Crippen LogP contribution in [0.1, 0.15) is 50.3 Å². The number of anilines is 2. The third-order valence-corrected chi connectivity index (χ3v) is 8.35. The fourth-order valence-corrected chi connectivity index (χ4v) is 6.16. The number of hydrogen-bond donors (Lipinski definition) is 0. The van der Waals surface area contributed by atoms with E-state index in [0.717, 1.165) is 61.3 Å². The predicted octanol–water partition coefficient (Wildman–Crippen LogP) is 6.50. The second-order valence-corrected chi connectivity index (χ2v) is 11.2. The van der Waals surface area contributed by atoms with Crippen LogP contribution in [-0.4, -0.2) is 44.7 Å². The Bertz CT molecular complexity index is 1490. The number of aryl methyl sites for hydroxylation is 2. The zero-order chi connectivity index (χ0) is 27.3. The van der Waals surface area contributed by atoms with Gasteiger partial charge in [0.2, 0.25) is 0 Å². The average molecular weight is 531 g/mol. The summed E-state index contributed by atoms with van der Waals surface area (Å²) in [4.78, 5) is 4.75.